The maximum Gasteiger partial charge on any atom is 0.170 e. The van der Waals surface area contributed by atoms with Gasteiger partial charge in [0.05, 0.1) is 22.3 Å². The highest BCUT2D eigenvalue weighted by atomic mass is 79.9. The van der Waals surface area contributed by atoms with E-state index in [0.29, 0.717) is 22.8 Å². The van der Waals surface area contributed by atoms with Crippen LogP contribution in [0.5, 0.6) is 0 Å². The van der Waals surface area contributed by atoms with Gasteiger partial charge in [0, 0.05) is 22.8 Å². The van der Waals surface area contributed by atoms with E-state index in [-0.39, 0.29) is 12.2 Å². The summed E-state index contributed by atoms with van der Waals surface area (Å²) in [5.74, 6) is -0.0468. The second kappa shape index (κ2) is 5.97. The molecule has 0 aliphatic carbocycles. The number of anilines is 1. The van der Waals surface area contributed by atoms with E-state index in [1.807, 2.05) is 18.5 Å². The SMILES string of the molecule is CCn1nc(C)c(Br)c1CC(=O)c1ccc(Cl)cc1N. The van der Waals surface area contributed by atoms with Crippen LogP contribution in [0.4, 0.5) is 5.69 Å². The molecule has 0 atom stereocenters. The van der Waals surface area contributed by atoms with E-state index >= 15 is 0 Å². The number of hydrogen-bond acceptors (Lipinski definition) is 3. The van der Waals surface area contributed by atoms with E-state index in [2.05, 4.69) is 21.0 Å². The van der Waals surface area contributed by atoms with Gasteiger partial charge in [0.25, 0.3) is 0 Å². The molecule has 2 rings (SSSR count). The second-order valence-electron chi connectivity index (χ2n) is 4.49. The lowest BCUT2D eigenvalue weighted by Gasteiger charge is -2.07. The number of nitrogens with two attached hydrogens (primary N) is 1. The highest BCUT2D eigenvalue weighted by Crippen LogP contribution is 2.24. The third kappa shape index (κ3) is 2.88. The van der Waals surface area contributed by atoms with Crippen molar-refractivity contribution in [3.63, 3.8) is 0 Å². The maximum atomic E-state index is 12.4. The summed E-state index contributed by atoms with van der Waals surface area (Å²) in [6.45, 7) is 4.61. The fourth-order valence-corrected chi connectivity index (χ4v) is 2.68. The predicted molar refractivity (Wildman–Crippen MR) is 84.2 cm³/mol. The van der Waals surface area contributed by atoms with Crippen molar-refractivity contribution in [3.05, 3.63) is 44.6 Å². The molecule has 4 nitrogen and oxygen atoms in total. The van der Waals surface area contributed by atoms with Crippen LogP contribution in [0.2, 0.25) is 5.02 Å². The van der Waals surface area contributed by atoms with E-state index < -0.39 is 0 Å². The van der Waals surface area contributed by atoms with Crippen molar-refractivity contribution in [2.24, 2.45) is 0 Å². The summed E-state index contributed by atoms with van der Waals surface area (Å²) in [5.41, 5.74) is 8.48. The van der Waals surface area contributed by atoms with E-state index in [4.69, 9.17) is 17.3 Å². The van der Waals surface area contributed by atoms with Gasteiger partial charge in [-0.2, -0.15) is 5.10 Å². The Hall–Kier alpha value is -1.33. The van der Waals surface area contributed by atoms with Crippen LogP contribution < -0.4 is 5.73 Å². The van der Waals surface area contributed by atoms with Crippen LogP contribution in [0.1, 0.15) is 28.7 Å². The molecule has 0 bridgehead atoms. The van der Waals surface area contributed by atoms with Gasteiger partial charge in [0.1, 0.15) is 0 Å². The van der Waals surface area contributed by atoms with Gasteiger partial charge in [-0.1, -0.05) is 11.6 Å². The Bertz CT molecular complexity index is 667. The summed E-state index contributed by atoms with van der Waals surface area (Å²) in [4.78, 5) is 12.4. The molecular formula is C14H15BrClN3O. The fourth-order valence-electron chi connectivity index (χ4n) is 2.07. The van der Waals surface area contributed by atoms with Crippen LogP contribution in [0.3, 0.4) is 0 Å². The summed E-state index contributed by atoms with van der Waals surface area (Å²) in [5, 5.41) is 4.90. The molecule has 0 radical (unpaired) electrons. The minimum atomic E-state index is -0.0468. The maximum absolute atomic E-state index is 12.4. The van der Waals surface area contributed by atoms with Crippen LogP contribution in [0.15, 0.2) is 22.7 Å². The number of nitrogens with zero attached hydrogens (tertiary/aromatic N) is 2. The molecule has 6 heteroatoms. The Morgan fingerprint density at radius 1 is 1.50 bits per heavy atom. The highest BCUT2D eigenvalue weighted by molar-refractivity contribution is 9.10. The van der Waals surface area contributed by atoms with Crippen molar-refractivity contribution < 1.29 is 4.79 Å². The number of Topliss-reactive ketones (excluding diaryl/α,β-unsaturated/α-hetero) is 1. The van der Waals surface area contributed by atoms with Gasteiger partial charge >= 0.3 is 0 Å². The monoisotopic (exact) mass is 355 g/mol. The number of rotatable bonds is 4. The Kier molecular flexibility index (Phi) is 4.50. The van der Waals surface area contributed by atoms with Crippen molar-refractivity contribution in [2.45, 2.75) is 26.8 Å². The van der Waals surface area contributed by atoms with Crippen molar-refractivity contribution in [2.75, 3.05) is 5.73 Å². The molecule has 20 heavy (non-hydrogen) atoms. The first-order valence-electron chi connectivity index (χ1n) is 6.24. The molecule has 1 aromatic heterocycles. The smallest absolute Gasteiger partial charge is 0.170 e. The largest absolute Gasteiger partial charge is 0.398 e. The molecule has 0 fully saturated rings. The molecule has 0 saturated carbocycles. The lowest BCUT2D eigenvalue weighted by atomic mass is 10.0. The van der Waals surface area contributed by atoms with Crippen LogP contribution in [-0.2, 0) is 13.0 Å². The zero-order valence-corrected chi connectivity index (χ0v) is 13.6. The molecule has 0 saturated heterocycles. The average molecular weight is 357 g/mol. The standard InChI is InChI=1S/C14H15BrClN3O/c1-3-19-12(14(15)8(2)18-19)7-13(20)10-5-4-9(16)6-11(10)17/h4-6H,3,7,17H2,1-2H3. The first-order chi connectivity index (χ1) is 9.43. The third-order valence-corrected chi connectivity index (χ3v) is 4.36. The summed E-state index contributed by atoms with van der Waals surface area (Å²) >= 11 is 9.33. The quantitative estimate of drug-likeness (QED) is 0.672. The Morgan fingerprint density at radius 3 is 2.80 bits per heavy atom. The molecule has 2 N–H and O–H groups in total. The molecule has 106 valence electrons. The number of aryl methyl sites for hydroxylation is 2. The highest BCUT2D eigenvalue weighted by Gasteiger charge is 2.18. The van der Waals surface area contributed by atoms with Gasteiger partial charge in [0.2, 0.25) is 0 Å². The number of carbonyl (C=O) groups excluding carboxylic acids is 1. The lowest BCUT2D eigenvalue weighted by Crippen LogP contribution is -2.11. The molecular weight excluding hydrogens is 342 g/mol. The van der Waals surface area contributed by atoms with Crippen molar-refractivity contribution in [1.29, 1.82) is 0 Å². The predicted octanol–water partition coefficient (Wildman–Crippen LogP) is 3.63. The van der Waals surface area contributed by atoms with Crippen LogP contribution >= 0.6 is 27.5 Å². The Morgan fingerprint density at radius 2 is 2.20 bits per heavy atom. The topological polar surface area (TPSA) is 60.9 Å². The summed E-state index contributed by atoms with van der Waals surface area (Å²) < 4.78 is 2.70. The fraction of sp³-hybridized carbons (Fsp3) is 0.286. The molecule has 0 amide bonds. The molecule has 1 aromatic carbocycles. The third-order valence-electron chi connectivity index (χ3n) is 3.09. The molecule has 0 unspecified atom stereocenters. The first kappa shape index (κ1) is 15.1. The van der Waals surface area contributed by atoms with Crippen LogP contribution in [0.25, 0.3) is 0 Å². The number of ketones is 1. The lowest BCUT2D eigenvalue weighted by molar-refractivity contribution is 0.0991. The van der Waals surface area contributed by atoms with E-state index in [9.17, 15) is 4.79 Å². The van der Waals surface area contributed by atoms with Gasteiger partial charge in [0.15, 0.2) is 5.78 Å². The summed E-state index contributed by atoms with van der Waals surface area (Å²) in [6, 6.07) is 4.92. The van der Waals surface area contributed by atoms with Crippen LogP contribution in [-0.4, -0.2) is 15.6 Å². The van der Waals surface area contributed by atoms with Gasteiger partial charge in [-0.05, 0) is 48.0 Å². The number of halogens is 2. The molecule has 0 aliphatic rings. The molecule has 2 aromatic rings. The zero-order valence-electron chi connectivity index (χ0n) is 11.3. The number of benzene rings is 1. The Labute approximate surface area is 131 Å². The van der Waals surface area contributed by atoms with E-state index in [1.54, 1.807) is 18.2 Å². The van der Waals surface area contributed by atoms with Gasteiger partial charge in [-0.3, -0.25) is 9.48 Å². The van der Waals surface area contributed by atoms with Crippen LogP contribution in [0, 0.1) is 6.92 Å². The average Bonchev–Trinajstić information content (AvgIpc) is 2.66. The molecule has 0 spiro atoms. The minimum absolute atomic E-state index is 0.0468. The van der Waals surface area contributed by atoms with Crippen molar-refractivity contribution >= 4 is 39.0 Å². The molecule has 1 heterocycles. The zero-order chi connectivity index (χ0) is 14.9. The summed E-state index contributed by atoms with van der Waals surface area (Å²) in [7, 11) is 0. The summed E-state index contributed by atoms with van der Waals surface area (Å²) in [6.07, 6.45) is 0.251. The number of nitrogen functional groups attached to an aromatic ring is 1. The number of aromatic nitrogens is 2. The Balaban J connectivity index is 2.32. The second-order valence-corrected chi connectivity index (χ2v) is 5.72. The molecule has 0 aliphatic heterocycles. The minimum Gasteiger partial charge on any atom is -0.398 e. The van der Waals surface area contributed by atoms with E-state index in [1.165, 1.54) is 0 Å². The van der Waals surface area contributed by atoms with Crippen molar-refractivity contribution in [1.82, 2.24) is 9.78 Å². The number of hydrogen-bond donors (Lipinski definition) is 1. The normalized spacial score (nSPS) is 10.8. The first-order valence-corrected chi connectivity index (χ1v) is 7.41. The van der Waals surface area contributed by atoms with Gasteiger partial charge < -0.3 is 5.73 Å². The van der Waals surface area contributed by atoms with Crippen molar-refractivity contribution in [3.8, 4) is 0 Å². The van der Waals surface area contributed by atoms with Gasteiger partial charge in [-0.25, -0.2) is 0 Å². The van der Waals surface area contributed by atoms with Gasteiger partial charge in [-0.15, -0.1) is 0 Å². The van der Waals surface area contributed by atoms with E-state index in [0.717, 1.165) is 15.9 Å². The number of carbonyl (C=O) groups is 1.